The number of piperazine rings is 1. The van der Waals surface area contributed by atoms with Crippen LogP contribution in [0.2, 0.25) is 0 Å². The molecule has 0 atom stereocenters. The predicted molar refractivity (Wildman–Crippen MR) is 158 cm³/mol. The summed E-state index contributed by atoms with van der Waals surface area (Å²) in [7, 11) is 0. The Kier molecular flexibility index (Phi) is 7.40. The maximum atomic E-state index is 16.0. The number of benzene rings is 1. The lowest BCUT2D eigenvalue weighted by Gasteiger charge is -2.35. The highest BCUT2D eigenvalue weighted by Crippen LogP contribution is 2.39. The molecule has 1 amide bonds. The smallest absolute Gasteiger partial charge is 0.355 e. The predicted octanol–water partition coefficient (Wildman–Crippen LogP) is 4.56. The number of fused-ring (bicyclic) bond motifs is 5. The van der Waals surface area contributed by atoms with Crippen LogP contribution in [0.5, 0.6) is 5.75 Å². The van der Waals surface area contributed by atoms with Gasteiger partial charge in [0.2, 0.25) is 5.91 Å². The maximum Gasteiger partial charge on any atom is 0.355 e. The standard InChI is InChI=1S/C30H28F2N6O3S/c1-4-23(39)36-10-12-37(13-11-36)28-18-16-20(32)26-24-19(31)6-5-7-21(24)41-14-15-42-22-8-9-33-25(17(2)3)27(22)38(29(18)34-26)30(40)35-28/h4-9,16-17H,1,10-15H2,2-3H3. The molecule has 42 heavy (non-hydrogen) atoms. The summed E-state index contributed by atoms with van der Waals surface area (Å²) in [5.74, 6) is -0.854. The Balaban J connectivity index is 1.66. The largest absolute Gasteiger partial charge is 0.492 e. The fourth-order valence-electron chi connectivity index (χ4n) is 5.36. The Hall–Kier alpha value is -4.32. The average molecular weight is 591 g/mol. The van der Waals surface area contributed by atoms with E-state index in [2.05, 4.69) is 21.5 Å². The Bertz CT molecular complexity index is 1790. The summed E-state index contributed by atoms with van der Waals surface area (Å²) in [5, 5.41) is 0.282. The van der Waals surface area contributed by atoms with Crippen LogP contribution in [-0.2, 0) is 4.79 Å². The lowest BCUT2D eigenvalue weighted by Crippen LogP contribution is -2.49. The first-order chi connectivity index (χ1) is 20.3. The molecule has 0 unspecified atom stereocenters. The number of aromatic nitrogens is 4. The van der Waals surface area contributed by atoms with E-state index in [1.165, 1.54) is 40.6 Å². The minimum atomic E-state index is -0.784. The molecule has 0 radical (unpaired) electrons. The number of thioether (sulfide) groups is 1. The zero-order valence-electron chi connectivity index (χ0n) is 23.1. The van der Waals surface area contributed by atoms with E-state index in [1.54, 1.807) is 17.2 Å². The molecule has 12 heteroatoms. The van der Waals surface area contributed by atoms with Crippen molar-refractivity contribution in [3.8, 4) is 22.7 Å². The van der Waals surface area contributed by atoms with Crippen molar-refractivity contribution in [1.82, 2.24) is 24.4 Å². The SMILES string of the molecule is C=CC(=O)N1CCN(c2nc(=O)n3c4nc(c(F)cc24)-c2c(F)cccc2OCCSc2ccnc(C(C)C)c2-3)CC1. The average Bonchev–Trinajstić information content (AvgIpc) is 2.98. The molecule has 9 nitrogen and oxygen atoms in total. The van der Waals surface area contributed by atoms with E-state index in [1.807, 2.05) is 24.8 Å². The first kappa shape index (κ1) is 27.8. The number of pyridine rings is 2. The molecule has 5 heterocycles. The molecule has 1 saturated heterocycles. The van der Waals surface area contributed by atoms with Gasteiger partial charge in [-0.15, -0.1) is 11.8 Å². The van der Waals surface area contributed by atoms with Gasteiger partial charge in [0.05, 0.1) is 28.9 Å². The first-order valence-corrected chi connectivity index (χ1v) is 14.6. The van der Waals surface area contributed by atoms with Gasteiger partial charge in [0.25, 0.3) is 0 Å². The Labute approximate surface area is 244 Å². The molecule has 0 N–H and O–H groups in total. The molecule has 2 aliphatic heterocycles. The number of carbonyl (C=O) groups excluding carboxylic acids is 1. The molecule has 1 fully saturated rings. The van der Waals surface area contributed by atoms with E-state index in [-0.39, 0.29) is 52.3 Å². The summed E-state index contributed by atoms with van der Waals surface area (Å²) in [6.45, 7) is 9.18. The fourth-order valence-corrected chi connectivity index (χ4v) is 6.24. The lowest BCUT2D eigenvalue weighted by molar-refractivity contribution is -0.126. The highest BCUT2D eigenvalue weighted by atomic mass is 32.2. The monoisotopic (exact) mass is 590 g/mol. The summed E-state index contributed by atoms with van der Waals surface area (Å²) in [5.41, 5.74) is 0.265. The number of ether oxygens (including phenoxy) is 1. The highest BCUT2D eigenvalue weighted by Gasteiger charge is 2.29. The van der Waals surface area contributed by atoms with E-state index in [4.69, 9.17) is 4.74 Å². The van der Waals surface area contributed by atoms with Gasteiger partial charge in [-0.05, 0) is 36.3 Å². The van der Waals surface area contributed by atoms with Gasteiger partial charge >= 0.3 is 5.69 Å². The number of hydrogen-bond donors (Lipinski definition) is 0. The Morgan fingerprint density at radius 1 is 1.12 bits per heavy atom. The number of amides is 1. The van der Waals surface area contributed by atoms with Crippen molar-refractivity contribution in [2.75, 3.05) is 43.4 Å². The first-order valence-electron chi connectivity index (χ1n) is 13.6. The second kappa shape index (κ2) is 11.2. The fraction of sp³-hybridized carbons (Fsp3) is 0.300. The van der Waals surface area contributed by atoms with Crippen LogP contribution in [0.15, 0.2) is 58.9 Å². The van der Waals surface area contributed by atoms with Gasteiger partial charge in [0, 0.05) is 43.0 Å². The summed E-state index contributed by atoms with van der Waals surface area (Å²) >= 11 is 1.47. The van der Waals surface area contributed by atoms with Crippen LogP contribution >= 0.6 is 11.8 Å². The Morgan fingerprint density at radius 3 is 2.64 bits per heavy atom. The molecule has 2 aliphatic rings. The van der Waals surface area contributed by atoms with Crippen LogP contribution in [0.3, 0.4) is 0 Å². The van der Waals surface area contributed by atoms with Crippen molar-refractivity contribution in [3.63, 3.8) is 0 Å². The number of nitrogens with zero attached hydrogens (tertiary/aromatic N) is 6. The van der Waals surface area contributed by atoms with Crippen molar-refractivity contribution in [1.29, 1.82) is 0 Å². The van der Waals surface area contributed by atoms with Crippen LogP contribution in [0, 0.1) is 11.6 Å². The van der Waals surface area contributed by atoms with Gasteiger partial charge in [-0.3, -0.25) is 9.78 Å². The van der Waals surface area contributed by atoms with Crippen molar-refractivity contribution in [2.24, 2.45) is 0 Å². The van der Waals surface area contributed by atoms with Gasteiger partial charge in [0.1, 0.15) is 23.1 Å². The number of carbonyl (C=O) groups is 1. The second-order valence-corrected chi connectivity index (χ2v) is 11.4. The topological polar surface area (TPSA) is 93.5 Å². The van der Waals surface area contributed by atoms with Crippen LogP contribution in [0.1, 0.15) is 25.5 Å². The molecule has 6 rings (SSSR count). The van der Waals surface area contributed by atoms with Crippen LogP contribution in [0.4, 0.5) is 14.6 Å². The minimum absolute atomic E-state index is 0.0695. The van der Waals surface area contributed by atoms with Gasteiger partial charge in [-0.25, -0.2) is 23.1 Å². The van der Waals surface area contributed by atoms with Crippen LogP contribution in [-0.4, -0.2) is 68.9 Å². The third-order valence-corrected chi connectivity index (χ3v) is 8.37. The zero-order chi connectivity index (χ0) is 29.5. The number of hydrogen-bond acceptors (Lipinski definition) is 8. The molecule has 0 saturated carbocycles. The third kappa shape index (κ3) is 4.79. The van der Waals surface area contributed by atoms with Crippen molar-refractivity contribution < 1.29 is 18.3 Å². The van der Waals surface area contributed by atoms with E-state index in [0.717, 1.165) is 4.90 Å². The molecule has 4 aromatic rings. The Morgan fingerprint density at radius 2 is 1.90 bits per heavy atom. The highest BCUT2D eigenvalue weighted by molar-refractivity contribution is 7.99. The summed E-state index contributed by atoms with van der Waals surface area (Å²) < 4.78 is 38.6. The molecule has 0 spiro atoms. The molecule has 2 bridgehead atoms. The lowest BCUT2D eigenvalue weighted by atomic mass is 10.1. The summed E-state index contributed by atoms with van der Waals surface area (Å²) in [6.07, 6.45) is 2.95. The molecule has 1 aromatic carbocycles. The van der Waals surface area contributed by atoms with Gasteiger partial charge in [-0.1, -0.05) is 26.5 Å². The van der Waals surface area contributed by atoms with Crippen LogP contribution < -0.4 is 15.3 Å². The second-order valence-electron chi connectivity index (χ2n) is 10.3. The van der Waals surface area contributed by atoms with Crippen LogP contribution in [0.25, 0.3) is 28.0 Å². The summed E-state index contributed by atoms with van der Waals surface area (Å²) in [6, 6.07) is 7.36. The van der Waals surface area contributed by atoms with E-state index >= 15 is 8.78 Å². The minimum Gasteiger partial charge on any atom is -0.492 e. The maximum absolute atomic E-state index is 16.0. The molecule has 3 aromatic heterocycles. The normalized spacial score (nSPS) is 15.1. The van der Waals surface area contributed by atoms with E-state index in [9.17, 15) is 9.59 Å². The quantitative estimate of drug-likeness (QED) is 0.321. The molecular weight excluding hydrogens is 562 g/mol. The number of halogens is 2. The summed E-state index contributed by atoms with van der Waals surface area (Å²) in [4.78, 5) is 44.1. The van der Waals surface area contributed by atoms with Crippen molar-refractivity contribution in [3.05, 3.63) is 77.0 Å². The van der Waals surface area contributed by atoms with Crippen molar-refractivity contribution in [2.45, 2.75) is 24.7 Å². The third-order valence-electron chi connectivity index (χ3n) is 7.36. The van der Waals surface area contributed by atoms with Gasteiger partial charge < -0.3 is 14.5 Å². The molecule has 0 aliphatic carbocycles. The molecule has 216 valence electrons. The van der Waals surface area contributed by atoms with Gasteiger partial charge in [0.15, 0.2) is 11.5 Å². The zero-order valence-corrected chi connectivity index (χ0v) is 24.0. The van der Waals surface area contributed by atoms with E-state index < -0.39 is 17.3 Å². The van der Waals surface area contributed by atoms with Crippen molar-refractivity contribution >= 4 is 34.5 Å². The van der Waals surface area contributed by atoms with Gasteiger partial charge in [-0.2, -0.15) is 4.98 Å². The number of anilines is 1. The number of rotatable bonds is 3. The van der Waals surface area contributed by atoms with E-state index in [0.29, 0.717) is 43.3 Å². The molecular formula is C30H28F2N6O3S.